The maximum atomic E-state index is 13.0. The second-order valence-corrected chi connectivity index (χ2v) is 12.9. The van der Waals surface area contributed by atoms with Gasteiger partial charge in [0, 0.05) is 36.7 Å². The molecule has 0 unspecified atom stereocenters. The molecule has 0 aromatic carbocycles. The lowest BCUT2D eigenvalue weighted by Gasteiger charge is -2.62. The summed E-state index contributed by atoms with van der Waals surface area (Å²) in [5.74, 6) is 2.97. The highest BCUT2D eigenvalue weighted by atomic mass is 16.5. The number of Topliss-reactive ketones (excluding diaryl/α,β-unsaturated/α-hetero) is 1. The molecule has 1 aromatic heterocycles. The Labute approximate surface area is 191 Å². The van der Waals surface area contributed by atoms with Crippen LogP contribution in [-0.2, 0) is 9.59 Å². The van der Waals surface area contributed by atoms with Gasteiger partial charge in [0.05, 0.1) is 5.69 Å². The Morgan fingerprint density at radius 1 is 1.16 bits per heavy atom. The summed E-state index contributed by atoms with van der Waals surface area (Å²) >= 11 is 0. The molecule has 5 heteroatoms. The minimum atomic E-state index is -0.803. The first kappa shape index (κ1) is 22.2. The van der Waals surface area contributed by atoms with Crippen LogP contribution in [0.2, 0.25) is 0 Å². The second-order valence-electron chi connectivity index (χ2n) is 12.9. The topological polar surface area (TPSA) is 80.4 Å². The van der Waals surface area contributed by atoms with E-state index in [-0.39, 0.29) is 12.3 Å². The molecule has 1 N–H and O–H groups in total. The molecular weight excluding hydrogens is 402 g/mol. The van der Waals surface area contributed by atoms with Crippen LogP contribution in [0.25, 0.3) is 0 Å². The van der Waals surface area contributed by atoms with Crippen molar-refractivity contribution >= 4 is 11.8 Å². The van der Waals surface area contributed by atoms with Crippen molar-refractivity contribution < 1.29 is 19.2 Å². The number of carboxylic acid groups (broad SMARTS) is 1. The molecule has 2 bridgehead atoms. The number of hydrogen-bond acceptors (Lipinski definition) is 4. The van der Waals surface area contributed by atoms with Crippen molar-refractivity contribution in [2.45, 2.75) is 116 Å². The van der Waals surface area contributed by atoms with E-state index in [2.05, 4.69) is 25.9 Å². The standard InChI is InChI=1S/C27H39NO4/c1-26(2,3)11-16-8-20(9-16)25-23(18-4-5-18)24(28-32-25)19(6-7-22(30)31)10-21(29)15-27-12-17(13-27)14-27/h16-20H,4-15H2,1-3H3,(H,30,31)/t16?,17?,19-,20?,27?/m0/s1. The molecule has 32 heavy (non-hydrogen) atoms. The Kier molecular flexibility index (Phi) is 5.53. The zero-order valence-electron chi connectivity index (χ0n) is 20.0. The zero-order chi connectivity index (χ0) is 22.7. The monoisotopic (exact) mass is 441 g/mol. The number of ketones is 1. The van der Waals surface area contributed by atoms with E-state index in [9.17, 15) is 14.7 Å². The van der Waals surface area contributed by atoms with Gasteiger partial charge in [0.2, 0.25) is 0 Å². The van der Waals surface area contributed by atoms with E-state index in [0.717, 1.165) is 49.0 Å². The highest BCUT2D eigenvalue weighted by molar-refractivity contribution is 5.80. The molecule has 0 saturated heterocycles. The summed E-state index contributed by atoms with van der Waals surface area (Å²) in [5, 5.41) is 13.8. The van der Waals surface area contributed by atoms with Crippen LogP contribution in [-0.4, -0.2) is 22.0 Å². The number of aromatic nitrogens is 1. The Morgan fingerprint density at radius 3 is 2.38 bits per heavy atom. The number of carboxylic acids is 1. The lowest BCUT2D eigenvalue weighted by molar-refractivity contribution is -0.143. The maximum Gasteiger partial charge on any atom is 0.303 e. The lowest BCUT2D eigenvalue weighted by Crippen LogP contribution is -2.52. The first-order valence-electron chi connectivity index (χ1n) is 12.8. The molecule has 0 aliphatic heterocycles. The van der Waals surface area contributed by atoms with Crippen LogP contribution in [0.4, 0.5) is 0 Å². The van der Waals surface area contributed by atoms with Crippen molar-refractivity contribution in [2.24, 2.45) is 22.7 Å². The van der Waals surface area contributed by atoms with Crippen LogP contribution < -0.4 is 0 Å². The smallest absolute Gasteiger partial charge is 0.303 e. The number of hydrogen-bond donors (Lipinski definition) is 1. The van der Waals surface area contributed by atoms with Crippen LogP contribution in [0.1, 0.15) is 133 Å². The number of aliphatic carboxylic acids is 1. The molecular formula is C27H39NO4. The fourth-order valence-electron chi connectivity index (χ4n) is 6.95. The third kappa shape index (κ3) is 4.54. The summed E-state index contributed by atoms with van der Waals surface area (Å²) < 4.78 is 5.98. The molecule has 5 saturated carbocycles. The Hall–Kier alpha value is -1.65. The van der Waals surface area contributed by atoms with Crippen molar-refractivity contribution in [1.29, 1.82) is 0 Å². The number of rotatable bonds is 11. The van der Waals surface area contributed by atoms with Gasteiger partial charge in [-0.1, -0.05) is 25.9 Å². The zero-order valence-corrected chi connectivity index (χ0v) is 20.0. The van der Waals surface area contributed by atoms with E-state index in [0.29, 0.717) is 47.7 Å². The highest BCUT2D eigenvalue weighted by Gasteiger charge is 2.56. The summed E-state index contributed by atoms with van der Waals surface area (Å²) in [6.07, 6.45) is 11.2. The van der Waals surface area contributed by atoms with Crippen LogP contribution in [0.15, 0.2) is 4.52 Å². The Bertz CT molecular complexity index is 867. The summed E-state index contributed by atoms with van der Waals surface area (Å²) in [4.78, 5) is 24.3. The lowest BCUT2D eigenvalue weighted by atomic mass is 9.43. The van der Waals surface area contributed by atoms with Gasteiger partial charge in [-0.05, 0) is 86.4 Å². The van der Waals surface area contributed by atoms with Gasteiger partial charge >= 0.3 is 5.97 Å². The molecule has 5 aliphatic rings. The van der Waals surface area contributed by atoms with Crippen LogP contribution in [0.5, 0.6) is 0 Å². The molecule has 5 fully saturated rings. The molecule has 5 nitrogen and oxygen atoms in total. The van der Waals surface area contributed by atoms with Crippen molar-refractivity contribution in [3.8, 4) is 0 Å². The minimum absolute atomic E-state index is 0.0779. The molecule has 0 spiro atoms. The first-order valence-corrected chi connectivity index (χ1v) is 12.8. The fraction of sp³-hybridized carbons (Fsp3) is 0.815. The van der Waals surface area contributed by atoms with Gasteiger partial charge in [-0.15, -0.1) is 0 Å². The molecule has 0 amide bonds. The van der Waals surface area contributed by atoms with E-state index in [1.165, 1.54) is 31.2 Å². The van der Waals surface area contributed by atoms with Gasteiger partial charge in [0.15, 0.2) is 0 Å². The van der Waals surface area contributed by atoms with E-state index in [1.54, 1.807) is 0 Å². The maximum absolute atomic E-state index is 13.0. The van der Waals surface area contributed by atoms with Gasteiger partial charge in [-0.2, -0.15) is 0 Å². The Balaban J connectivity index is 1.30. The molecule has 5 aliphatic carbocycles. The molecule has 1 atom stereocenters. The van der Waals surface area contributed by atoms with Crippen LogP contribution in [0, 0.1) is 22.7 Å². The molecule has 1 heterocycles. The van der Waals surface area contributed by atoms with Gasteiger partial charge in [0.1, 0.15) is 11.5 Å². The van der Waals surface area contributed by atoms with E-state index in [4.69, 9.17) is 4.52 Å². The van der Waals surface area contributed by atoms with Gasteiger partial charge in [0.25, 0.3) is 0 Å². The van der Waals surface area contributed by atoms with Crippen molar-refractivity contribution in [1.82, 2.24) is 5.16 Å². The summed E-state index contributed by atoms with van der Waals surface area (Å²) in [5.41, 5.74) is 2.80. The minimum Gasteiger partial charge on any atom is -0.481 e. The van der Waals surface area contributed by atoms with E-state index < -0.39 is 5.97 Å². The van der Waals surface area contributed by atoms with E-state index >= 15 is 0 Å². The molecule has 176 valence electrons. The number of carbonyl (C=O) groups excluding carboxylic acids is 1. The van der Waals surface area contributed by atoms with Gasteiger partial charge in [-0.3, -0.25) is 9.59 Å². The summed E-state index contributed by atoms with van der Waals surface area (Å²) in [7, 11) is 0. The third-order valence-corrected chi connectivity index (χ3v) is 8.58. The first-order chi connectivity index (χ1) is 15.1. The van der Waals surface area contributed by atoms with Crippen molar-refractivity contribution in [3.63, 3.8) is 0 Å². The molecule has 0 radical (unpaired) electrons. The predicted octanol–water partition coefficient (Wildman–Crippen LogP) is 6.58. The number of carbonyl (C=O) groups is 2. The van der Waals surface area contributed by atoms with E-state index in [1.807, 2.05) is 0 Å². The third-order valence-electron chi connectivity index (χ3n) is 8.58. The normalized spacial score (nSPS) is 31.9. The predicted molar refractivity (Wildman–Crippen MR) is 122 cm³/mol. The molecule has 6 rings (SSSR count). The number of nitrogens with zero attached hydrogens (tertiary/aromatic N) is 1. The van der Waals surface area contributed by atoms with Gasteiger partial charge < -0.3 is 9.63 Å². The summed E-state index contributed by atoms with van der Waals surface area (Å²) in [6.45, 7) is 6.92. The van der Waals surface area contributed by atoms with Crippen molar-refractivity contribution in [2.75, 3.05) is 0 Å². The van der Waals surface area contributed by atoms with Crippen molar-refractivity contribution in [3.05, 3.63) is 17.0 Å². The fourth-order valence-corrected chi connectivity index (χ4v) is 6.95. The molecule has 1 aromatic rings. The van der Waals surface area contributed by atoms with Gasteiger partial charge in [-0.25, -0.2) is 0 Å². The highest BCUT2D eigenvalue weighted by Crippen LogP contribution is 2.66. The largest absolute Gasteiger partial charge is 0.481 e. The average Bonchev–Trinajstić information content (AvgIpc) is 3.35. The summed E-state index contributed by atoms with van der Waals surface area (Å²) in [6, 6.07) is 0. The second kappa shape index (κ2) is 7.99. The van der Waals surface area contributed by atoms with Crippen LogP contribution in [0.3, 0.4) is 0 Å². The average molecular weight is 442 g/mol. The quantitative estimate of drug-likeness (QED) is 0.419. The Morgan fingerprint density at radius 2 is 1.84 bits per heavy atom. The SMILES string of the molecule is CC(C)(C)CC1CC(c2onc([C@@H](CCC(=O)O)CC(=O)CC34CC(C3)C4)c2C2CC2)C1. The van der Waals surface area contributed by atoms with Crippen LogP contribution >= 0.6 is 0 Å².